The number of fused-ring (bicyclic) bond motifs is 1. The van der Waals surface area contributed by atoms with Gasteiger partial charge in [0.1, 0.15) is 6.10 Å². The molecule has 1 N–H and O–H groups in total. The highest BCUT2D eigenvalue weighted by Gasteiger charge is 2.12. The van der Waals surface area contributed by atoms with Gasteiger partial charge in [-0.05, 0) is 24.8 Å². The molecule has 1 aromatic heterocycles. The molecule has 1 atom stereocenters. The van der Waals surface area contributed by atoms with Crippen LogP contribution in [0.2, 0.25) is 0 Å². The van der Waals surface area contributed by atoms with Crippen molar-refractivity contribution in [3.05, 3.63) is 54.4 Å². The van der Waals surface area contributed by atoms with Gasteiger partial charge in [-0.2, -0.15) is 0 Å². The van der Waals surface area contributed by atoms with E-state index in [1.54, 1.807) is 6.20 Å². The Labute approximate surface area is 95.3 Å². The number of nitrogens with zero attached hydrogens (tertiary/aromatic N) is 1. The van der Waals surface area contributed by atoms with Gasteiger partial charge in [-0.15, -0.1) is 6.58 Å². The maximum Gasteiger partial charge on any atom is 0.100 e. The minimum Gasteiger partial charge on any atom is -0.386 e. The van der Waals surface area contributed by atoms with Gasteiger partial charge in [0.25, 0.3) is 0 Å². The van der Waals surface area contributed by atoms with E-state index in [9.17, 15) is 5.11 Å². The van der Waals surface area contributed by atoms with E-state index >= 15 is 0 Å². The number of aromatic nitrogens is 1. The lowest BCUT2D eigenvalue weighted by molar-refractivity contribution is 0.175. The van der Waals surface area contributed by atoms with Crippen molar-refractivity contribution in [2.45, 2.75) is 19.4 Å². The third kappa shape index (κ3) is 2.12. The Morgan fingerprint density at radius 1 is 1.38 bits per heavy atom. The summed E-state index contributed by atoms with van der Waals surface area (Å²) in [5, 5.41) is 12.2. The number of hydrogen-bond acceptors (Lipinski definition) is 2. The highest BCUT2D eigenvalue weighted by Crippen LogP contribution is 2.25. The van der Waals surface area contributed by atoms with Gasteiger partial charge in [-0.25, -0.2) is 0 Å². The summed E-state index contributed by atoms with van der Waals surface area (Å²) in [6, 6.07) is 9.90. The minimum absolute atomic E-state index is 0.557. The molecule has 2 aromatic rings. The van der Waals surface area contributed by atoms with E-state index in [1.807, 2.05) is 37.3 Å². The van der Waals surface area contributed by atoms with Gasteiger partial charge in [-0.3, -0.25) is 4.98 Å². The van der Waals surface area contributed by atoms with Crippen LogP contribution in [0.15, 0.2) is 48.7 Å². The molecule has 0 saturated carbocycles. The van der Waals surface area contributed by atoms with Gasteiger partial charge in [-0.1, -0.05) is 29.8 Å². The number of rotatable bonds is 3. The standard InChI is InChI=1S/C14H15NO/c1-10(2)9-13(16)14-12-6-4-3-5-11(12)7-8-15-14/h3-8,13,16H,1,9H2,2H3. The molecule has 2 heteroatoms. The summed E-state index contributed by atoms with van der Waals surface area (Å²) in [6.45, 7) is 5.72. The van der Waals surface area contributed by atoms with E-state index in [2.05, 4.69) is 11.6 Å². The van der Waals surface area contributed by atoms with E-state index < -0.39 is 6.10 Å². The lowest BCUT2D eigenvalue weighted by atomic mass is 10.0. The third-order valence-corrected chi connectivity index (χ3v) is 2.56. The Balaban J connectivity index is 2.47. The molecular weight excluding hydrogens is 198 g/mol. The van der Waals surface area contributed by atoms with Crippen molar-refractivity contribution >= 4 is 10.8 Å². The number of pyridine rings is 1. The van der Waals surface area contributed by atoms with Crippen LogP contribution in [0, 0.1) is 0 Å². The van der Waals surface area contributed by atoms with Crippen LogP contribution >= 0.6 is 0 Å². The predicted molar refractivity (Wildman–Crippen MR) is 66.1 cm³/mol. The molecule has 0 saturated heterocycles. The molecule has 0 aliphatic carbocycles. The summed E-state index contributed by atoms with van der Waals surface area (Å²) in [6.07, 6.45) is 1.73. The van der Waals surface area contributed by atoms with Gasteiger partial charge >= 0.3 is 0 Å². The fourth-order valence-corrected chi connectivity index (χ4v) is 1.84. The largest absolute Gasteiger partial charge is 0.386 e. The zero-order valence-corrected chi connectivity index (χ0v) is 9.35. The Hall–Kier alpha value is -1.67. The monoisotopic (exact) mass is 213 g/mol. The van der Waals surface area contributed by atoms with Crippen LogP contribution in [0.4, 0.5) is 0 Å². The van der Waals surface area contributed by atoms with Crippen LogP contribution < -0.4 is 0 Å². The molecule has 0 spiro atoms. The lowest BCUT2D eigenvalue weighted by Crippen LogP contribution is -2.01. The van der Waals surface area contributed by atoms with Gasteiger partial charge in [0.15, 0.2) is 0 Å². The normalized spacial score (nSPS) is 12.6. The van der Waals surface area contributed by atoms with Crippen molar-refractivity contribution in [2.75, 3.05) is 0 Å². The van der Waals surface area contributed by atoms with Crippen LogP contribution in [0.3, 0.4) is 0 Å². The highest BCUT2D eigenvalue weighted by molar-refractivity contribution is 5.84. The van der Waals surface area contributed by atoms with Crippen molar-refractivity contribution in [2.24, 2.45) is 0 Å². The fourth-order valence-electron chi connectivity index (χ4n) is 1.84. The molecule has 16 heavy (non-hydrogen) atoms. The molecule has 0 bridgehead atoms. The summed E-state index contributed by atoms with van der Waals surface area (Å²) < 4.78 is 0. The smallest absolute Gasteiger partial charge is 0.100 e. The molecule has 1 aromatic carbocycles. The molecule has 1 heterocycles. The maximum atomic E-state index is 10.1. The zero-order chi connectivity index (χ0) is 11.5. The number of aliphatic hydroxyl groups is 1. The predicted octanol–water partition coefficient (Wildman–Crippen LogP) is 3.23. The molecule has 0 aliphatic rings. The summed E-state index contributed by atoms with van der Waals surface area (Å²) >= 11 is 0. The molecule has 0 aliphatic heterocycles. The zero-order valence-electron chi connectivity index (χ0n) is 9.35. The Kier molecular flexibility index (Phi) is 3.02. The third-order valence-electron chi connectivity index (χ3n) is 2.56. The lowest BCUT2D eigenvalue weighted by Gasteiger charge is -2.12. The first kappa shape index (κ1) is 10.8. The van der Waals surface area contributed by atoms with Crippen LogP contribution in [-0.4, -0.2) is 10.1 Å². The molecule has 82 valence electrons. The second-order valence-electron chi connectivity index (χ2n) is 4.09. The van der Waals surface area contributed by atoms with Gasteiger partial charge in [0.2, 0.25) is 0 Å². The summed E-state index contributed by atoms with van der Waals surface area (Å²) in [7, 11) is 0. The van der Waals surface area contributed by atoms with Gasteiger partial charge in [0.05, 0.1) is 5.69 Å². The average molecular weight is 213 g/mol. The van der Waals surface area contributed by atoms with Crippen LogP contribution in [0.1, 0.15) is 25.1 Å². The molecule has 0 radical (unpaired) electrons. The van der Waals surface area contributed by atoms with E-state index in [4.69, 9.17) is 0 Å². The first-order valence-electron chi connectivity index (χ1n) is 5.34. The minimum atomic E-state index is -0.566. The SMILES string of the molecule is C=C(C)CC(O)c1nccc2ccccc12. The number of benzene rings is 1. The van der Waals surface area contributed by atoms with Crippen molar-refractivity contribution in [3.8, 4) is 0 Å². The summed E-state index contributed by atoms with van der Waals surface area (Å²) in [5.74, 6) is 0. The summed E-state index contributed by atoms with van der Waals surface area (Å²) in [5.41, 5.74) is 1.70. The second kappa shape index (κ2) is 4.45. The quantitative estimate of drug-likeness (QED) is 0.794. The van der Waals surface area contributed by atoms with Crippen molar-refractivity contribution in [3.63, 3.8) is 0 Å². The topological polar surface area (TPSA) is 33.1 Å². The van der Waals surface area contributed by atoms with E-state index in [0.29, 0.717) is 6.42 Å². The molecule has 0 fully saturated rings. The van der Waals surface area contributed by atoms with Crippen molar-refractivity contribution < 1.29 is 5.11 Å². The Morgan fingerprint density at radius 2 is 2.12 bits per heavy atom. The summed E-state index contributed by atoms with van der Waals surface area (Å²) in [4.78, 5) is 4.27. The van der Waals surface area contributed by atoms with Crippen molar-refractivity contribution in [1.29, 1.82) is 0 Å². The number of aliphatic hydroxyl groups excluding tert-OH is 1. The molecule has 2 rings (SSSR count). The molecular formula is C14H15NO. The maximum absolute atomic E-state index is 10.1. The van der Waals surface area contributed by atoms with Gasteiger partial charge < -0.3 is 5.11 Å². The highest BCUT2D eigenvalue weighted by atomic mass is 16.3. The number of hydrogen-bond donors (Lipinski definition) is 1. The second-order valence-corrected chi connectivity index (χ2v) is 4.09. The Bertz CT molecular complexity index is 514. The fraction of sp³-hybridized carbons (Fsp3) is 0.214. The van der Waals surface area contributed by atoms with Gasteiger partial charge in [0, 0.05) is 11.6 Å². The van der Waals surface area contributed by atoms with E-state index in [0.717, 1.165) is 22.0 Å². The van der Waals surface area contributed by atoms with E-state index in [1.165, 1.54) is 0 Å². The van der Waals surface area contributed by atoms with E-state index in [-0.39, 0.29) is 0 Å². The van der Waals surface area contributed by atoms with Crippen LogP contribution in [0.5, 0.6) is 0 Å². The first-order chi connectivity index (χ1) is 7.68. The first-order valence-corrected chi connectivity index (χ1v) is 5.34. The van der Waals surface area contributed by atoms with Crippen LogP contribution in [0.25, 0.3) is 10.8 Å². The Morgan fingerprint density at radius 3 is 2.88 bits per heavy atom. The molecule has 1 unspecified atom stereocenters. The molecule has 2 nitrogen and oxygen atoms in total. The van der Waals surface area contributed by atoms with Crippen LogP contribution in [-0.2, 0) is 0 Å². The van der Waals surface area contributed by atoms with Crippen molar-refractivity contribution in [1.82, 2.24) is 4.98 Å². The average Bonchev–Trinajstić information content (AvgIpc) is 2.27. The molecule has 0 amide bonds.